The molecule has 75 valence electrons. The van der Waals surface area contributed by atoms with Crippen molar-refractivity contribution in [3.8, 4) is 0 Å². The van der Waals surface area contributed by atoms with Crippen molar-refractivity contribution in [2.45, 2.75) is 6.17 Å². The Kier molecular flexibility index (Phi) is 3.16. The third kappa shape index (κ3) is 2.40. The summed E-state index contributed by atoms with van der Waals surface area (Å²) in [5, 5.41) is 4.63. The van der Waals surface area contributed by atoms with E-state index in [9.17, 15) is 0 Å². The van der Waals surface area contributed by atoms with Crippen LogP contribution in [0.2, 0.25) is 0 Å². The molecule has 1 atom stereocenters. The largest absolute Gasteiger partial charge is 0.379 e. The summed E-state index contributed by atoms with van der Waals surface area (Å²) in [4.78, 5) is 4.78. The van der Waals surface area contributed by atoms with E-state index in [0.29, 0.717) is 6.17 Å². The fourth-order valence-electron chi connectivity index (χ4n) is 1.91. The molecule has 0 bridgehead atoms. The van der Waals surface area contributed by atoms with Crippen molar-refractivity contribution in [3.05, 3.63) is 0 Å². The van der Waals surface area contributed by atoms with Crippen LogP contribution in [-0.4, -0.2) is 69.0 Å². The van der Waals surface area contributed by atoms with Crippen molar-refractivity contribution >= 4 is 0 Å². The van der Waals surface area contributed by atoms with Crippen LogP contribution < -0.4 is 5.32 Å². The lowest BCUT2D eigenvalue weighted by atomic mass is 10.3. The van der Waals surface area contributed by atoms with Crippen molar-refractivity contribution in [1.29, 1.82) is 0 Å². The fraction of sp³-hybridized carbons (Fsp3) is 1.00. The monoisotopic (exact) mass is 184 g/mol. The molecule has 0 spiro atoms. The molecular weight excluding hydrogens is 166 g/mol. The maximum atomic E-state index is 5.32. The standard InChI is InChI=1S/C9H18N3O/c1-11-3-2-10-9(8-11)12-4-6-13-7-5-12/h9H,2-8H2,1H3. The van der Waals surface area contributed by atoms with Crippen LogP contribution in [0.25, 0.3) is 0 Å². The van der Waals surface area contributed by atoms with Gasteiger partial charge in [-0.15, -0.1) is 0 Å². The molecule has 2 heterocycles. The number of rotatable bonds is 1. The first-order chi connectivity index (χ1) is 6.36. The molecule has 13 heavy (non-hydrogen) atoms. The number of nitrogens with zero attached hydrogens (tertiary/aromatic N) is 3. The summed E-state index contributed by atoms with van der Waals surface area (Å²) in [6.45, 7) is 7.01. The minimum absolute atomic E-state index is 0.419. The van der Waals surface area contributed by atoms with Crippen molar-refractivity contribution < 1.29 is 4.74 Å². The second-order valence-electron chi connectivity index (χ2n) is 3.80. The van der Waals surface area contributed by atoms with Crippen LogP contribution in [0, 0.1) is 0 Å². The van der Waals surface area contributed by atoms with Crippen LogP contribution in [0.3, 0.4) is 0 Å². The van der Waals surface area contributed by atoms with Gasteiger partial charge in [0, 0.05) is 32.7 Å². The fourth-order valence-corrected chi connectivity index (χ4v) is 1.91. The average molecular weight is 184 g/mol. The SMILES string of the molecule is CN1CC[N]C(N2CCOCC2)C1. The second kappa shape index (κ2) is 4.37. The zero-order valence-electron chi connectivity index (χ0n) is 8.28. The first-order valence-corrected chi connectivity index (χ1v) is 5.03. The third-order valence-electron chi connectivity index (χ3n) is 2.76. The van der Waals surface area contributed by atoms with Gasteiger partial charge in [0.05, 0.1) is 19.4 Å². The van der Waals surface area contributed by atoms with Gasteiger partial charge >= 0.3 is 0 Å². The topological polar surface area (TPSA) is 29.8 Å². The highest BCUT2D eigenvalue weighted by atomic mass is 16.5. The number of hydrogen-bond acceptors (Lipinski definition) is 3. The molecule has 2 aliphatic rings. The normalized spacial score (nSPS) is 33.5. The molecule has 1 unspecified atom stereocenters. The minimum Gasteiger partial charge on any atom is -0.379 e. The predicted molar refractivity (Wildman–Crippen MR) is 50.7 cm³/mol. The summed E-state index contributed by atoms with van der Waals surface area (Å²) in [6, 6.07) is 0. The lowest BCUT2D eigenvalue weighted by Crippen LogP contribution is -2.56. The molecule has 0 amide bonds. The molecular formula is C9H18N3O. The Bertz CT molecular complexity index is 159. The number of likely N-dealkylation sites (N-methyl/N-ethyl adjacent to an activating group) is 1. The minimum atomic E-state index is 0.419. The van der Waals surface area contributed by atoms with E-state index >= 15 is 0 Å². The van der Waals surface area contributed by atoms with Crippen LogP contribution in [0.1, 0.15) is 0 Å². The molecule has 1 radical (unpaired) electrons. The summed E-state index contributed by atoms with van der Waals surface area (Å²) in [5.41, 5.74) is 0. The van der Waals surface area contributed by atoms with Crippen molar-refractivity contribution in [3.63, 3.8) is 0 Å². The number of piperazine rings is 1. The zero-order chi connectivity index (χ0) is 9.10. The summed E-state index contributed by atoms with van der Waals surface area (Å²) in [5.74, 6) is 0. The summed E-state index contributed by atoms with van der Waals surface area (Å²) in [7, 11) is 2.17. The summed E-state index contributed by atoms with van der Waals surface area (Å²) in [6.07, 6.45) is 0.419. The van der Waals surface area contributed by atoms with E-state index in [1.807, 2.05) is 0 Å². The Morgan fingerprint density at radius 2 is 2.00 bits per heavy atom. The average Bonchev–Trinajstić information content (AvgIpc) is 2.19. The molecule has 0 N–H and O–H groups in total. The Balaban J connectivity index is 1.83. The first-order valence-electron chi connectivity index (χ1n) is 5.03. The van der Waals surface area contributed by atoms with Gasteiger partial charge in [-0.25, -0.2) is 5.32 Å². The van der Waals surface area contributed by atoms with E-state index in [-0.39, 0.29) is 0 Å². The van der Waals surface area contributed by atoms with Crippen LogP contribution >= 0.6 is 0 Å². The molecule has 2 saturated heterocycles. The van der Waals surface area contributed by atoms with Crippen molar-refractivity contribution in [2.75, 3.05) is 53.0 Å². The summed E-state index contributed by atoms with van der Waals surface area (Å²) >= 11 is 0. The Hall–Kier alpha value is -0.160. The highest BCUT2D eigenvalue weighted by Gasteiger charge is 2.25. The highest BCUT2D eigenvalue weighted by Crippen LogP contribution is 2.06. The first kappa shape index (κ1) is 9.40. The van der Waals surface area contributed by atoms with Gasteiger partial charge in [-0.1, -0.05) is 0 Å². The molecule has 2 rings (SSSR count). The Morgan fingerprint density at radius 1 is 1.23 bits per heavy atom. The molecule has 2 fully saturated rings. The molecule has 0 aromatic rings. The van der Waals surface area contributed by atoms with Crippen LogP contribution in [-0.2, 0) is 4.74 Å². The summed E-state index contributed by atoms with van der Waals surface area (Å²) < 4.78 is 5.32. The lowest BCUT2D eigenvalue weighted by Gasteiger charge is -2.39. The Labute approximate surface area is 79.8 Å². The molecule has 0 aliphatic carbocycles. The van der Waals surface area contributed by atoms with Gasteiger partial charge in [-0.3, -0.25) is 4.90 Å². The van der Waals surface area contributed by atoms with E-state index in [0.717, 1.165) is 45.9 Å². The smallest absolute Gasteiger partial charge is 0.0891 e. The molecule has 0 aromatic heterocycles. The zero-order valence-corrected chi connectivity index (χ0v) is 8.28. The molecule has 2 aliphatic heterocycles. The van der Waals surface area contributed by atoms with Gasteiger partial charge in [0.25, 0.3) is 0 Å². The maximum Gasteiger partial charge on any atom is 0.0891 e. The van der Waals surface area contributed by atoms with Crippen LogP contribution in [0.15, 0.2) is 0 Å². The van der Waals surface area contributed by atoms with E-state index in [1.165, 1.54) is 0 Å². The van der Waals surface area contributed by atoms with Crippen molar-refractivity contribution in [1.82, 2.24) is 15.1 Å². The number of hydrogen-bond donors (Lipinski definition) is 0. The highest BCUT2D eigenvalue weighted by molar-refractivity contribution is 4.78. The van der Waals surface area contributed by atoms with E-state index in [4.69, 9.17) is 4.74 Å². The Morgan fingerprint density at radius 3 is 2.69 bits per heavy atom. The van der Waals surface area contributed by atoms with Gasteiger partial charge in [-0.05, 0) is 7.05 Å². The lowest BCUT2D eigenvalue weighted by molar-refractivity contribution is -0.00751. The van der Waals surface area contributed by atoms with Gasteiger partial charge in [0.1, 0.15) is 0 Å². The number of morpholine rings is 1. The van der Waals surface area contributed by atoms with Gasteiger partial charge < -0.3 is 9.64 Å². The van der Waals surface area contributed by atoms with Crippen molar-refractivity contribution in [2.24, 2.45) is 0 Å². The van der Waals surface area contributed by atoms with Gasteiger partial charge in [-0.2, -0.15) is 0 Å². The molecule has 4 heteroatoms. The van der Waals surface area contributed by atoms with E-state index in [2.05, 4.69) is 22.2 Å². The van der Waals surface area contributed by atoms with Crippen LogP contribution in [0.5, 0.6) is 0 Å². The van der Waals surface area contributed by atoms with E-state index < -0.39 is 0 Å². The predicted octanol–water partition coefficient (Wildman–Crippen LogP) is -0.805. The molecule has 0 saturated carbocycles. The van der Waals surface area contributed by atoms with Gasteiger partial charge in [0.2, 0.25) is 0 Å². The second-order valence-corrected chi connectivity index (χ2v) is 3.80. The maximum absolute atomic E-state index is 5.32. The number of ether oxygens (including phenoxy) is 1. The van der Waals surface area contributed by atoms with E-state index in [1.54, 1.807) is 0 Å². The quantitative estimate of drug-likeness (QED) is 0.534. The molecule has 0 aromatic carbocycles. The van der Waals surface area contributed by atoms with Gasteiger partial charge in [0.15, 0.2) is 0 Å². The van der Waals surface area contributed by atoms with Crippen LogP contribution in [0.4, 0.5) is 0 Å². The molecule has 4 nitrogen and oxygen atoms in total. The third-order valence-corrected chi connectivity index (χ3v) is 2.76.